The van der Waals surface area contributed by atoms with E-state index in [1.165, 1.54) is 6.42 Å². The van der Waals surface area contributed by atoms with Crippen LogP contribution in [0.1, 0.15) is 31.7 Å². The Kier molecular flexibility index (Phi) is 11.1. The SMILES string of the molecule is CN=C(NCCS(=O)(=O)NCC1CCC1)NCC(C)Oc1ccccc1C.I. The summed E-state index contributed by atoms with van der Waals surface area (Å²) in [5.41, 5.74) is 1.09. The van der Waals surface area contributed by atoms with E-state index in [2.05, 4.69) is 20.3 Å². The van der Waals surface area contributed by atoms with Gasteiger partial charge in [0.15, 0.2) is 5.96 Å². The van der Waals surface area contributed by atoms with E-state index in [0.717, 1.165) is 24.2 Å². The van der Waals surface area contributed by atoms with Crippen LogP contribution in [0.3, 0.4) is 0 Å². The summed E-state index contributed by atoms with van der Waals surface area (Å²) in [5, 5.41) is 6.20. The Labute approximate surface area is 186 Å². The summed E-state index contributed by atoms with van der Waals surface area (Å²) in [5.74, 6) is 1.95. The van der Waals surface area contributed by atoms with Gasteiger partial charge >= 0.3 is 0 Å². The first-order valence-electron chi connectivity index (χ1n) is 9.54. The third kappa shape index (κ3) is 8.95. The zero-order valence-corrected chi connectivity index (χ0v) is 20.0. The van der Waals surface area contributed by atoms with Crippen molar-refractivity contribution in [1.82, 2.24) is 15.4 Å². The molecule has 1 aliphatic rings. The summed E-state index contributed by atoms with van der Waals surface area (Å²) in [6.45, 7) is 5.40. The van der Waals surface area contributed by atoms with Crippen molar-refractivity contribution in [3.63, 3.8) is 0 Å². The lowest BCUT2D eigenvalue weighted by Crippen LogP contribution is -2.44. The molecule has 0 heterocycles. The summed E-state index contributed by atoms with van der Waals surface area (Å²) in [6, 6.07) is 7.88. The maximum absolute atomic E-state index is 12.0. The molecule has 1 atom stereocenters. The highest BCUT2D eigenvalue weighted by molar-refractivity contribution is 14.0. The fourth-order valence-electron chi connectivity index (χ4n) is 2.73. The monoisotopic (exact) mass is 524 g/mol. The largest absolute Gasteiger partial charge is 0.489 e. The number of sulfonamides is 1. The molecule has 7 nitrogen and oxygen atoms in total. The van der Waals surface area contributed by atoms with Crippen molar-refractivity contribution in [2.45, 2.75) is 39.2 Å². The van der Waals surface area contributed by atoms with Crippen LogP contribution < -0.4 is 20.1 Å². The van der Waals surface area contributed by atoms with Gasteiger partial charge in [-0.15, -0.1) is 24.0 Å². The number of benzene rings is 1. The van der Waals surface area contributed by atoms with E-state index in [0.29, 0.717) is 31.5 Å². The Hall–Kier alpha value is -1.07. The topological polar surface area (TPSA) is 91.8 Å². The second-order valence-electron chi connectivity index (χ2n) is 7.04. The molecular formula is C19H33IN4O3S. The van der Waals surface area contributed by atoms with Crippen LogP contribution in [0.4, 0.5) is 0 Å². The Morgan fingerprint density at radius 1 is 1.29 bits per heavy atom. The van der Waals surface area contributed by atoms with Gasteiger partial charge in [-0.3, -0.25) is 4.99 Å². The van der Waals surface area contributed by atoms with Crippen molar-refractivity contribution in [1.29, 1.82) is 0 Å². The van der Waals surface area contributed by atoms with Gasteiger partial charge in [-0.1, -0.05) is 24.6 Å². The average molecular weight is 524 g/mol. The van der Waals surface area contributed by atoms with Crippen LogP contribution in [0, 0.1) is 12.8 Å². The molecule has 1 saturated carbocycles. The Morgan fingerprint density at radius 2 is 2.00 bits per heavy atom. The molecule has 1 aromatic carbocycles. The van der Waals surface area contributed by atoms with Crippen LogP contribution in [0.25, 0.3) is 0 Å². The lowest BCUT2D eigenvalue weighted by molar-refractivity contribution is 0.222. The van der Waals surface area contributed by atoms with Gasteiger partial charge in [-0.05, 0) is 44.2 Å². The molecule has 1 unspecified atom stereocenters. The summed E-state index contributed by atoms with van der Waals surface area (Å²) >= 11 is 0. The smallest absolute Gasteiger partial charge is 0.213 e. The lowest BCUT2D eigenvalue weighted by atomic mass is 9.86. The van der Waals surface area contributed by atoms with E-state index in [1.54, 1.807) is 7.05 Å². The second kappa shape index (κ2) is 12.5. The van der Waals surface area contributed by atoms with Crippen LogP contribution in [0.2, 0.25) is 0 Å². The fourth-order valence-corrected chi connectivity index (χ4v) is 3.73. The molecule has 0 spiro atoms. The van der Waals surface area contributed by atoms with Gasteiger partial charge < -0.3 is 15.4 Å². The van der Waals surface area contributed by atoms with Crippen LogP contribution in [-0.4, -0.2) is 52.9 Å². The van der Waals surface area contributed by atoms with Crippen molar-refractivity contribution in [2.24, 2.45) is 10.9 Å². The van der Waals surface area contributed by atoms with Crippen molar-refractivity contribution < 1.29 is 13.2 Å². The number of aryl methyl sites for hydroxylation is 1. The van der Waals surface area contributed by atoms with Gasteiger partial charge in [-0.2, -0.15) is 0 Å². The molecule has 1 fully saturated rings. The minimum Gasteiger partial charge on any atom is -0.489 e. The van der Waals surface area contributed by atoms with Gasteiger partial charge in [0.1, 0.15) is 11.9 Å². The molecule has 1 aliphatic carbocycles. The van der Waals surface area contributed by atoms with Crippen molar-refractivity contribution >= 4 is 40.0 Å². The first-order chi connectivity index (χ1) is 12.9. The first kappa shape index (κ1) is 25.0. The number of para-hydroxylation sites is 1. The maximum Gasteiger partial charge on any atom is 0.213 e. The molecule has 0 aromatic heterocycles. The number of nitrogens with zero attached hydrogens (tertiary/aromatic N) is 1. The van der Waals surface area contributed by atoms with E-state index in [4.69, 9.17) is 4.74 Å². The number of nitrogens with one attached hydrogen (secondary N) is 3. The van der Waals surface area contributed by atoms with Gasteiger partial charge in [-0.25, -0.2) is 13.1 Å². The quantitative estimate of drug-likeness (QED) is 0.248. The van der Waals surface area contributed by atoms with Crippen LogP contribution in [0.5, 0.6) is 5.75 Å². The van der Waals surface area contributed by atoms with E-state index >= 15 is 0 Å². The third-order valence-corrected chi connectivity index (χ3v) is 6.03. The fraction of sp³-hybridized carbons (Fsp3) is 0.632. The first-order valence-corrected chi connectivity index (χ1v) is 11.2. The van der Waals surface area contributed by atoms with E-state index < -0.39 is 10.0 Å². The molecule has 9 heteroatoms. The number of rotatable bonds is 10. The molecule has 1 aromatic rings. The van der Waals surface area contributed by atoms with Crippen molar-refractivity contribution in [3.05, 3.63) is 29.8 Å². The standard InChI is InChI=1S/C19H32N4O3S.HI/c1-15-7-4-5-10-18(15)26-16(2)13-22-19(20-3)21-11-12-27(24,25)23-14-17-8-6-9-17;/h4-5,7,10,16-17,23H,6,8-9,11-14H2,1-3H3,(H2,20,21,22);1H. The average Bonchev–Trinajstić information content (AvgIpc) is 2.58. The molecular weight excluding hydrogens is 491 g/mol. The van der Waals surface area contributed by atoms with Gasteiger partial charge in [0, 0.05) is 20.1 Å². The zero-order valence-electron chi connectivity index (χ0n) is 16.9. The molecule has 3 N–H and O–H groups in total. The van der Waals surface area contributed by atoms with Crippen LogP contribution in [-0.2, 0) is 10.0 Å². The summed E-state index contributed by atoms with van der Waals surface area (Å²) in [4.78, 5) is 4.12. The Bertz CT molecular complexity index is 724. The molecule has 0 amide bonds. The molecule has 0 saturated heterocycles. The molecule has 28 heavy (non-hydrogen) atoms. The molecule has 0 bridgehead atoms. The number of guanidine groups is 1. The molecule has 0 aliphatic heterocycles. The number of hydrogen-bond acceptors (Lipinski definition) is 4. The highest BCUT2D eigenvalue weighted by atomic mass is 127. The normalized spacial score (nSPS) is 15.9. The van der Waals surface area contributed by atoms with Crippen molar-refractivity contribution in [3.8, 4) is 5.75 Å². The zero-order chi connectivity index (χ0) is 19.7. The van der Waals surface area contributed by atoms with Gasteiger partial charge in [0.2, 0.25) is 10.0 Å². The predicted molar refractivity (Wildman–Crippen MR) is 125 cm³/mol. The predicted octanol–water partition coefficient (Wildman–Crippen LogP) is 2.26. The molecule has 2 rings (SSSR count). The number of halogens is 1. The Morgan fingerprint density at radius 3 is 2.61 bits per heavy atom. The molecule has 0 radical (unpaired) electrons. The molecule has 160 valence electrons. The minimum atomic E-state index is -3.25. The lowest BCUT2D eigenvalue weighted by Gasteiger charge is -2.25. The van der Waals surface area contributed by atoms with E-state index in [1.807, 2.05) is 38.1 Å². The van der Waals surface area contributed by atoms with Crippen LogP contribution in [0.15, 0.2) is 29.3 Å². The number of aliphatic imine (C=N–C) groups is 1. The summed E-state index contributed by atoms with van der Waals surface area (Å²) in [6.07, 6.45) is 3.40. The maximum atomic E-state index is 12.0. The van der Waals surface area contributed by atoms with Gasteiger partial charge in [0.05, 0.1) is 12.3 Å². The summed E-state index contributed by atoms with van der Waals surface area (Å²) in [7, 11) is -1.60. The van der Waals surface area contributed by atoms with E-state index in [9.17, 15) is 8.42 Å². The Balaban J connectivity index is 0.00000392. The third-order valence-electron chi connectivity index (χ3n) is 4.68. The van der Waals surface area contributed by atoms with Crippen molar-refractivity contribution in [2.75, 3.05) is 32.4 Å². The highest BCUT2D eigenvalue weighted by Gasteiger charge is 2.20. The van der Waals surface area contributed by atoms with E-state index in [-0.39, 0.29) is 35.8 Å². The van der Waals surface area contributed by atoms with Gasteiger partial charge in [0.25, 0.3) is 0 Å². The summed E-state index contributed by atoms with van der Waals surface area (Å²) < 4.78 is 32.6. The van der Waals surface area contributed by atoms with Crippen LogP contribution >= 0.6 is 24.0 Å². The second-order valence-corrected chi connectivity index (χ2v) is 8.96. The minimum absolute atomic E-state index is 0. The number of hydrogen-bond donors (Lipinski definition) is 3. The highest BCUT2D eigenvalue weighted by Crippen LogP contribution is 2.25. The number of ether oxygens (including phenoxy) is 1.